The van der Waals surface area contributed by atoms with Gasteiger partial charge in [-0.25, -0.2) is 13.2 Å². The Hall–Kier alpha value is -3.65. The predicted molar refractivity (Wildman–Crippen MR) is 131 cm³/mol. The predicted octanol–water partition coefficient (Wildman–Crippen LogP) is 3.95. The number of benzene rings is 3. The van der Waals surface area contributed by atoms with Crippen molar-refractivity contribution in [3.63, 3.8) is 0 Å². The highest BCUT2D eigenvalue weighted by Crippen LogP contribution is 2.28. The maximum atomic E-state index is 13.1. The zero-order valence-corrected chi connectivity index (χ0v) is 20.1. The fourth-order valence-electron chi connectivity index (χ4n) is 3.90. The maximum Gasteiger partial charge on any atom is 0.338 e. The highest BCUT2D eigenvalue weighted by Gasteiger charge is 2.30. The van der Waals surface area contributed by atoms with Crippen LogP contribution in [-0.2, 0) is 26.0 Å². The van der Waals surface area contributed by atoms with Crippen LogP contribution in [0.2, 0.25) is 0 Å². The average Bonchev–Trinajstić information content (AvgIpc) is 3.27. The molecule has 0 radical (unpaired) electrons. The molecule has 1 amide bonds. The van der Waals surface area contributed by atoms with Gasteiger partial charge in [-0.15, -0.1) is 0 Å². The summed E-state index contributed by atoms with van der Waals surface area (Å²) in [7, 11) is -2.44. The topological polar surface area (TPSA) is 84.0 Å². The van der Waals surface area contributed by atoms with Crippen molar-refractivity contribution >= 4 is 33.3 Å². The lowest BCUT2D eigenvalue weighted by Crippen LogP contribution is -2.39. The van der Waals surface area contributed by atoms with Crippen LogP contribution in [0.5, 0.6) is 0 Å². The smallest absolute Gasteiger partial charge is 0.338 e. The third-order valence-corrected chi connectivity index (χ3v) is 7.69. The number of para-hydroxylation sites is 1. The second-order valence-electron chi connectivity index (χ2n) is 8.25. The van der Waals surface area contributed by atoms with Gasteiger partial charge in [-0.3, -0.25) is 9.10 Å². The largest absolute Gasteiger partial charge is 0.449 e. The molecule has 0 bridgehead atoms. The number of amides is 1. The van der Waals surface area contributed by atoms with Gasteiger partial charge < -0.3 is 9.64 Å². The molecule has 0 N–H and O–H groups in total. The van der Waals surface area contributed by atoms with E-state index in [0.29, 0.717) is 12.2 Å². The first-order valence-corrected chi connectivity index (χ1v) is 12.4. The van der Waals surface area contributed by atoms with E-state index in [1.807, 2.05) is 43.3 Å². The van der Waals surface area contributed by atoms with Gasteiger partial charge in [0.05, 0.1) is 16.1 Å². The van der Waals surface area contributed by atoms with Crippen LogP contribution >= 0.6 is 0 Å². The maximum absolute atomic E-state index is 13.1. The molecule has 1 unspecified atom stereocenters. The highest BCUT2D eigenvalue weighted by atomic mass is 32.2. The minimum absolute atomic E-state index is 0.0440. The first-order chi connectivity index (χ1) is 16.2. The van der Waals surface area contributed by atoms with Gasteiger partial charge in [0, 0.05) is 19.3 Å². The molecule has 7 nitrogen and oxygen atoms in total. The molecule has 34 heavy (non-hydrogen) atoms. The van der Waals surface area contributed by atoms with E-state index in [1.54, 1.807) is 17.0 Å². The van der Waals surface area contributed by atoms with Crippen LogP contribution in [-0.4, -0.2) is 40.0 Å². The van der Waals surface area contributed by atoms with E-state index in [-0.39, 0.29) is 16.4 Å². The molecule has 1 atom stereocenters. The van der Waals surface area contributed by atoms with Crippen LogP contribution in [0.25, 0.3) is 0 Å². The van der Waals surface area contributed by atoms with Crippen LogP contribution in [0.1, 0.15) is 28.4 Å². The van der Waals surface area contributed by atoms with Crippen LogP contribution in [0, 0.1) is 6.92 Å². The van der Waals surface area contributed by atoms with Gasteiger partial charge in [0.15, 0.2) is 6.10 Å². The first kappa shape index (κ1) is 23.5. The first-order valence-electron chi connectivity index (χ1n) is 10.9. The number of rotatable bonds is 6. The van der Waals surface area contributed by atoms with Crippen LogP contribution < -0.4 is 9.21 Å². The lowest BCUT2D eigenvalue weighted by Gasteiger charge is -2.22. The molecule has 3 aromatic rings. The van der Waals surface area contributed by atoms with Gasteiger partial charge in [-0.1, -0.05) is 42.0 Å². The fraction of sp³-hybridized carbons (Fsp3) is 0.231. The SMILES string of the molecule is Cc1ccc(N(C)S(=O)(=O)c2cccc(C(=O)OC(C)C(=O)N3CCc4ccccc43)c2)cc1. The number of hydrogen-bond acceptors (Lipinski definition) is 5. The molecule has 0 spiro atoms. The molecule has 176 valence electrons. The monoisotopic (exact) mass is 478 g/mol. The van der Waals surface area contributed by atoms with Crippen molar-refractivity contribution in [1.82, 2.24) is 0 Å². The third-order valence-electron chi connectivity index (χ3n) is 5.91. The summed E-state index contributed by atoms with van der Waals surface area (Å²) in [6.07, 6.45) is -0.272. The van der Waals surface area contributed by atoms with Crippen molar-refractivity contribution in [3.8, 4) is 0 Å². The molecule has 0 saturated carbocycles. The van der Waals surface area contributed by atoms with Crippen LogP contribution in [0.15, 0.2) is 77.7 Å². The summed E-state index contributed by atoms with van der Waals surface area (Å²) >= 11 is 0. The molecule has 0 saturated heterocycles. The Kier molecular flexibility index (Phi) is 6.43. The van der Waals surface area contributed by atoms with E-state index in [4.69, 9.17) is 4.74 Å². The number of ether oxygens (including phenoxy) is 1. The van der Waals surface area contributed by atoms with E-state index < -0.39 is 22.1 Å². The molecular formula is C26H26N2O5S. The van der Waals surface area contributed by atoms with Gasteiger partial charge in [-0.05, 0) is 62.2 Å². The summed E-state index contributed by atoms with van der Waals surface area (Å²) in [4.78, 5) is 27.3. The zero-order chi connectivity index (χ0) is 24.5. The van der Waals surface area contributed by atoms with Gasteiger partial charge in [0.25, 0.3) is 15.9 Å². The fourth-order valence-corrected chi connectivity index (χ4v) is 5.14. The van der Waals surface area contributed by atoms with Crippen molar-refractivity contribution in [1.29, 1.82) is 0 Å². The lowest BCUT2D eigenvalue weighted by molar-refractivity contribution is -0.126. The molecule has 0 fully saturated rings. The van der Waals surface area contributed by atoms with Gasteiger partial charge in [0.1, 0.15) is 0 Å². The Balaban J connectivity index is 1.49. The quantitative estimate of drug-likeness (QED) is 0.501. The number of fused-ring (bicyclic) bond motifs is 1. The Morgan fingerprint density at radius 2 is 1.71 bits per heavy atom. The average molecular weight is 479 g/mol. The van der Waals surface area contributed by atoms with Gasteiger partial charge in [0.2, 0.25) is 0 Å². The van der Waals surface area contributed by atoms with Gasteiger partial charge >= 0.3 is 5.97 Å². The van der Waals surface area contributed by atoms with Crippen molar-refractivity contribution < 1.29 is 22.7 Å². The molecule has 0 aromatic heterocycles. The molecule has 1 heterocycles. The number of carbonyl (C=O) groups excluding carboxylic acids is 2. The molecule has 0 aliphatic carbocycles. The number of carbonyl (C=O) groups is 2. The van der Waals surface area contributed by atoms with Crippen molar-refractivity contribution in [2.45, 2.75) is 31.3 Å². The number of aryl methyl sites for hydroxylation is 1. The Morgan fingerprint density at radius 1 is 1.00 bits per heavy atom. The Labute approximate surface area is 199 Å². The summed E-state index contributed by atoms with van der Waals surface area (Å²) in [5.41, 5.74) is 3.47. The molecule has 3 aromatic carbocycles. The normalized spacial score (nSPS) is 13.8. The van der Waals surface area contributed by atoms with Crippen molar-refractivity contribution in [2.75, 3.05) is 22.8 Å². The summed E-state index contributed by atoms with van der Waals surface area (Å²) in [5, 5.41) is 0. The van der Waals surface area contributed by atoms with Crippen molar-refractivity contribution in [2.24, 2.45) is 0 Å². The number of esters is 1. The van der Waals surface area contributed by atoms with E-state index in [9.17, 15) is 18.0 Å². The van der Waals surface area contributed by atoms with Gasteiger partial charge in [-0.2, -0.15) is 0 Å². The van der Waals surface area contributed by atoms with E-state index in [2.05, 4.69) is 0 Å². The summed E-state index contributed by atoms with van der Waals surface area (Å²) in [5.74, 6) is -1.08. The number of hydrogen-bond donors (Lipinski definition) is 0. The summed E-state index contributed by atoms with van der Waals surface area (Å²) < 4.78 is 32.8. The zero-order valence-electron chi connectivity index (χ0n) is 19.3. The standard InChI is InChI=1S/C26H26N2O5S/c1-18-11-13-22(14-12-18)27(3)34(31,32)23-9-6-8-21(17-23)26(30)33-19(2)25(29)28-16-15-20-7-4-5-10-24(20)28/h4-14,17,19H,15-16H2,1-3H3. The van der Waals surface area contributed by atoms with E-state index >= 15 is 0 Å². The Morgan fingerprint density at radius 3 is 2.44 bits per heavy atom. The molecule has 8 heteroatoms. The second-order valence-corrected chi connectivity index (χ2v) is 10.2. The number of nitrogens with zero attached hydrogens (tertiary/aromatic N) is 2. The van der Waals surface area contributed by atoms with Crippen LogP contribution in [0.4, 0.5) is 11.4 Å². The molecule has 1 aliphatic rings. The summed E-state index contributed by atoms with van der Waals surface area (Å²) in [6, 6.07) is 20.4. The minimum Gasteiger partial charge on any atom is -0.449 e. The second kappa shape index (κ2) is 9.30. The minimum atomic E-state index is -3.90. The lowest BCUT2D eigenvalue weighted by atomic mass is 10.2. The molecule has 1 aliphatic heterocycles. The number of anilines is 2. The van der Waals surface area contributed by atoms with E-state index in [1.165, 1.54) is 38.2 Å². The Bertz CT molecular complexity index is 1340. The van der Waals surface area contributed by atoms with Crippen molar-refractivity contribution in [3.05, 3.63) is 89.5 Å². The highest BCUT2D eigenvalue weighted by molar-refractivity contribution is 7.92. The van der Waals surface area contributed by atoms with Crippen LogP contribution in [0.3, 0.4) is 0 Å². The molecular weight excluding hydrogens is 452 g/mol. The summed E-state index contributed by atoms with van der Waals surface area (Å²) in [6.45, 7) is 3.97. The van der Waals surface area contributed by atoms with E-state index in [0.717, 1.165) is 27.5 Å². The molecule has 4 rings (SSSR count). The number of sulfonamides is 1. The third kappa shape index (κ3) is 4.54.